The Kier molecular flexibility index (Phi) is 4.90. The van der Waals surface area contributed by atoms with Gasteiger partial charge in [0.15, 0.2) is 6.29 Å². The van der Waals surface area contributed by atoms with E-state index >= 15 is 0 Å². The third kappa shape index (κ3) is 3.40. The Bertz CT molecular complexity index is 378. The van der Waals surface area contributed by atoms with Gasteiger partial charge in [0.2, 0.25) is 0 Å². The Labute approximate surface area is 107 Å². The van der Waals surface area contributed by atoms with Gasteiger partial charge in [0.1, 0.15) is 6.67 Å². The summed E-state index contributed by atoms with van der Waals surface area (Å²) in [6.45, 7) is 3.02. The molecule has 18 heavy (non-hydrogen) atoms. The summed E-state index contributed by atoms with van der Waals surface area (Å²) in [6, 6.07) is 7.26. The molecule has 0 unspecified atom stereocenters. The Morgan fingerprint density at radius 2 is 1.89 bits per heavy atom. The summed E-state index contributed by atoms with van der Waals surface area (Å²) >= 11 is 0. The van der Waals surface area contributed by atoms with Gasteiger partial charge in [-0.3, -0.25) is 0 Å². The van der Waals surface area contributed by atoms with Crippen molar-refractivity contribution in [3.8, 4) is 0 Å². The topological polar surface area (TPSA) is 18.5 Å². The number of ether oxygens (including phenoxy) is 2. The van der Waals surface area contributed by atoms with Crippen molar-refractivity contribution >= 4 is 0 Å². The normalized spacial score (nSPS) is 24.6. The smallest absolute Gasteiger partial charge is 0.183 e. The van der Waals surface area contributed by atoms with Gasteiger partial charge in [0.05, 0.1) is 13.2 Å². The summed E-state index contributed by atoms with van der Waals surface area (Å²) in [4.78, 5) is 0. The van der Waals surface area contributed by atoms with Crippen molar-refractivity contribution in [3.05, 3.63) is 47.5 Å². The number of hydrogen-bond donors (Lipinski definition) is 0. The van der Waals surface area contributed by atoms with E-state index in [-0.39, 0.29) is 6.29 Å². The Morgan fingerprint density at radius 3 is 2.44 bits per heavy atom. The highest BCUT2D eigenvalue weighted by Gasteiger charge is 2.21. The first kappa shape index (κ1) is 13.2. The van der Waals surface area contributed by atoms with Gasteiger partial charge in [-0.05, 0) is 12.0 Å². The largest absolute Gasteiger partial charge is 0.348 e. The van der Waals surface area contributed by atoms with Crippen molar-refractivity contribution in [2.45, 2.75) is 26.3 Å². The predicted molar refractivity (Wildman–Crippen MR) is 68.8 cm³/mol. The van der Waals surface area contributed by atoms with Gasteiger partial charge in [-0.25, -0.2) is 4.39 Å². The quantitative estimate of drug-likeness (QED) is 0.757. The number of benzene rings is 1. The van der Waals surface area contributed by atoms with Gasteiger partial charge in [-0.1, -0.05) is 43.3 Å². The standard InChI is InChI=1S/C15H19FO2/c1-2-3-4-13-10-17-15(18-11-13)14-7-5-12(9-16)6-8-14/h3-8,13,15H,2,9-11H2,1H3/b4-3+. The fourth-order valence-corrected chi connectivity index (χ4v) is 1.91. The van der Waals surface area contributed by atoms with Crippen molar-refractivity contribution in [2.24, 2.45) is 5.92 Å². The third-order valence-electron chi connectivity index (χ3n) is 2.97. The second-order valence-electron chi connectivity index (χ2n) is 4.47. The number of alkyl halides is 1. The Morgan fingerprint density at radius 1 is 1.22 bits per heavy atom. The average Bonchev–Trinajstić information content (AvgIpc) is 2.46. The van der Waals surface area contributed by atoms with Gasteiger partial charge in [0.25, 0.3) is 0 Å². The summed E-state index contributed by atoms with van der Waals surface area (Å²) in [7, 11) is 0. The fourth-order valence-electron chi connectivity index (χ4n) is 1.91. The predicted octanol–water partition coefficient (Wildman–Crippen LogP) is 3.78. The molecule has 1 saturated heterocycles. The molecule has 0 aromatic heterocycles. The zero-order valence-corrected chi connectivity index (χ0v) is 10.6. The molecule has 2 rings (SSSR count). The third-order valence-corrected chi connectivity index (χ3v) is 2.97. The lowest BCUT2D eigenvalue weighted by molar-refractivity contribution is -0.197. The van der Waals surface area contributed by atoms with Crippen LogP contribution in [0.25, 0.3) is 0 Å². The SMILES string of the molecule is CC/C=C/C1COC(c2ccc(CF)cc2)OC1. The molecule has 1 aromatic rings. The first-order chi connectivity index (χ1) is 8.83. The number of allylic oxidation sites excluding steroid dienone is 1. The lowest BCUT2D eigenvalue weighted by Gasteiger charge is -2.28. The summed E-state index contributed by atoms with van der Waals surface area (Å²) in [6.07, 6.45) is 4.99. The minimum Gasteiger partial charge on any atom is -0.348 e. The fraction of sp³-hybridized carbons (Fsp3) is 0.467. The van der Waals surface area contributed by atoms with Crippen LogP contribution in [0.2, 0.25) is 0 Å². The van der Waals surface area contributed by atoms with Crippen LogP contribution in [-0.2, 0) is 16.1 Å². The minimum absolute atomic E-state index is 0.315. The van der Waals surface area contributed by atoms with Gasteiger partial charge < -0.3 is 9.47 Å². The van der Waals surface area contributed by atoms with E-state index in [1.54, 1.807) is 12.1 Å². The van der Waals surface area contributed by atoms with E-state index in [2.05, 4.69) is 19.1 Å². The molecule has 0 N–H and O–H groups in total. The van der Waals surface area contributed by atoms with Gasteiger partial charge >= 0.3 is 0 Å². The average molecular weight is 250 g/mol. The number of rotatable bonds is 4. The lowest BCUT2D eigenvalue weighted by Crippen LogP contribution is -2.25. The van der Waals surface area contributed by atoms with E-state index in [1.165, 1.54) is 0 Å². The van der Waals surface area contributed by atoms with Crippen molar-refractivity contribution in [3.63, 3.8) is 0 Å². The summed E-state index contributed by atoms with van der Waals surface area (Å²) in [5.74, 6) is 0.339. The van der Waals surface area contributed by atoms with Crippen LogP contribution < -0.4 is 0 Å². The lowest BCUT2D eigenvalue weighted by atomic mass is 10.1. The molecule has 2 nitrogen and oxygen atoms in total. The highest BCUT2D eigenvalue weighted by atomic mass is 19.1. The zero-order valence-electron chi connectivity index (χ0n) is 10.6. The van der Waals surface area contributed by atoms with E-state index in [0.717, 1.165) is 12.0 Å². The van der Waals surface area contributed by atoms with Crippen LogP contribution >= 0.6 is 0 Å². The molecular weight excluding hydrogens is 231 g/mol. The van der Waals surface area contributed by atoms with Gasteiger partial charge in [-0.15, -0.1) is 0 Å². The molecule has 1 aromatic carbocycles. The van der Waals surface area contributed by atoms with E-state index < -0.39 is 6.67 Å². The monoisotopic (exact) mass is 250 g/mol. The minimum atomic E-state index is -0.434. The maximum Gasteiger partial charge on any atom is 0.183 e. The molecule has 1 aliphatic rings. The zero-order chi connectivity index (χ0) is 12.8. The van der Waals surface area contributed by atoms with Crippen LogP contribution in [0.5, 0.6) is 0 Å². The van der Waals surface area contributed by atoms with Crippen molar-refractivity contribution in [2.75, 3.05) is 13.2 Å². The van der Waals surface area contributed by atoms with Crippen molar-refractivity contribution in [1.29, 1.82) is 0 Å². The molecule has 98 valence electrons. The van der Waals surface area contributed by atoms with E-state index in [1.807, 2.05) is 12.1 Å². The van der Waals surface area contributed by atoms with Crippen LogP contribution in [0.15, 0.2) is 36.4 Å². The second kappa shape index (κ2) is 6.66. The molecule has 0 amide bonds. The highest BCUT2D eigenvalue weighted by molar-refractivity contribution is 5.23. The first-order valence-corrected chi connectivity index (χ1v) is 6.38. The number of halogens is 1. The number of hydrogen-bond acceptors (Lipinski definition) is 2. The molecule has 1 fully saturated rings. The van der Waals surface area contributed by atoms with Crippen LogP contribution in [0.4, 0.5) is 4.39 Å². The molecule has 0 bridgehead atoms. The van der Waals surface area contributed by atoms with E-state index in [0.29, 0.717) is 24.7 Å². The highest BCUT2D eigenvalue weighted by Crippen LogP contribution is 2.25. The molecule has 3 heteroatoms. The molecule has 0 spiro atoms. The van der Waals surface area contributed by atoms with Crippen LogP contribution in [0.3, 0.4) is 0 Å². The van der Waals surface area contributed by atoms with Gasteiger partial charge in [0, 0.05) is 11.5 Å². The molecular formula is C15H19FO2. The van der Waals surface area contributed by atoms with E-state index in [4.69, 9.17) is 9.47 Å². The van der Waals surface area contributed by atoms with Crippen LogP contribution in [0.1, 0.15) is 30.8 Å². The summed E-state index contributed by atoms with van der Waals surface area (Å²) in [5, 5.41) is 0. The molecule has 0 atom stereocenters. The van der Waals surface area contributed by atoms with Crippen LogP contribution in [0, 0.1) is 5.92 Å². The van der Waals surface area contributed by atoms with Gasteiger partial charge in [-0.2, -0.15) is 0 Å². The van der Waals surface area contributed by atoms with Crippen molar-refractivity contribution in [1.82, 2.24) is 0 Å². The Hall–Kier alpha value is -1.19. The van der Waals surface area contributed by atoms with E-state index in [9.17, 15) is 4.39 Å². The molecule has 0 saturated carbocycles. The first-order valence-electron chi connectivity index (χ1n) is 6.38. The molecule has 0 aliphatic carbocycles. The van der Waals surface area contributed by atoms with Crippen LogP contribution in [-0.4, -0.2) is 13.2 Å². The second-order valence-corrected chi connectivity index (χ2v) is 4.47. The maximum absolute atomic E-state index is 12.4. The van der Waals surface area contributed by atoms with Crippen molar-refractivity contribution < 1.29 is 13.9 Å². The Balaban J connectivity index is 1.90. The summed E-state index contributed by atoms with van der Waals surface area (Å²) < 4.78 is 23.8. The molecule has 1 heterocycles. The molecule has 1 aliphatic heterocycles. The maximum atomic E-state index is 12.4. The summed E-state index contributed by atoms with van der Waals surface area (Å²) in [5.41, 5.74) is 1.63. The molecule has 0 radical (unpaired) electrons.